The number of phenols is 1. The molecule has 0 fully saturated rings. The standard InChI is InChI=1S/C22H18FNO3/c1-3-27-22(26)17-12-16(13-7-6-8-14(23)11-13)20-19(21(17)25)15-9-4-5-10-18(15)24(20)2/h4-12,25H,3H2,1-2H3. The van der Waals surface area contributed by atoms with Gasteiger partial charge >= 0.3 is 5.97 Å². The van der Waals surface area contributed by atoms with Gasteiger partial charge in [-0.2, -0.15) is 0 Å². The van der Waals surface area contributed by atoms with Gasteiger partial charge in [-0.15, -0.1) is 0 Å². The molecule has 1 heterocycles. The number of aromatic hydroxyl groups is 1. The molecule has 0 spiro atoms. The molecule has 4 rings (SSSR count). The number of hydrogen-bond acceptors (Lipinski definition) is 3. The Labute approximate surface area is 155 Å². The Morgan fingerprint density at radius 1 is 1.15 bits per heavy atom. The number of carbonyl (C=O) groups excluding carboxylic acids is 1. The Bertz CT molecular complexity index is 1190. The summed E-state index contributed by atoms with van der Waals surface area (Å²) in [6.07, 6.45) is 0. The zero-order valence-corrected chi connectivity index (χ0v) is 15.0. The van der Waals surface area contributed by atoms with E-state index in [1.165, 1.54) is 12.1 Å². The smallest absolute Gasteiger partial charge is 0.341 e. The number of rotatable bonds is 3. The lowest BCUT2D eigenvalue weighted by atomic mass is 9.97. The van der Waals surface area contributed by atoms with Crippen LogP contribution in [0, 0.1) is 5.82 Å². The number of halogens is 1. The third-order valence-electron chi connectivity index (χ3n) is 4.77. The van der Waals surface area contributed by atoms with E-state index in [1.807, 2.05) is 35.9 Å². The molecule has 27 heavy (non-hydrogen) atoms. The fourth-order valence-corrected chi connectivity index (χ4v) is 3.60. The van der Waals surface area contributed by atoms with E-state index in [0.29, 0.717) is 16.5 Å². The van der Waals surface area contributed by atoms with Crippen LogP contribution >= 0.6 is 0 Å². The van der Waals surface area contributed by atoms with E-state index in [4.69, 9.17) is 4.74 Å². The number of hydrogen-bond donors (Lipinski definition) is 1. The van der Waals surface area contributed by atoms with Crippen molar-refractivity contribution in [2.24, 2.45) is 7.05 Å². The van der Waals surface area contributed by atoms with Gasteiger partial charge in [-0.3, -0.25) is 0 Å². The topological polar surface area (TPSA) is 51.5 Å². The largest absolute Gasteiger partial charge is 0.506 e. The summed E-state index contributed by atoms with van der Waals surface area (Å²) in [5.41, 5.74) is 2.98. The molecule has 0 aliphatic rings. The van der Waals surface area contributed by atoms with Gasteiger partial charge in [0, 0.05) is 23.5 Å². The van der Waals surface area contributed by atoms with Crippen molar-refractivity contribution in [3.05, 3.63) is 66.0 Å². The molecule has 0 aliphatic carbocycles. The van der Waals surface area contributed by atoms with Crippen LogP contribution in [-0.4, -0.2) is 22.2 Å². The Balaban J connectivity index is 2.18. The maximum atomic E-state index is 13.9. The van der Waals surface area contributed by atoms with Crippen LogP contribution in [0.2, 0.25) is 0 Å². The quantitative estimate of drug-likeness (QED) is 0.520. The first kappa shape index (κ1) is 17.1. The van der Waals surface area contributed by atoms with Crippen molar-refractivity contribution in [3.8, 4) is 16.9 Å². The molecule has 5 heteroatoms. The lowest BCUT2D eigenvalue weighted by Gasteiger charge is -2.12. The molecule has 136 valence electrons. The zero-order valence-electron chi connectivity index (χ0n) is 15.0. The van der Waals surface area contributed by atoms with Crippen molar-refractivity contribution in [2.75, 3.05) is 6.61 Å². The van der Waals surface area contributed by atoms with Crippen molar-refractivity contribution in [3.63, 3.8) is 0 Å². The molecule has 0 saturated carbocycles. The van der Waals surface area contributed by atoms with Gasteiger partial charge in [-0.05, 0) is 36.8 Å². The highest BCUT2D eigenvalue weighted by molar-refractivity contribution is 6.18. The van der Waals surface area contributed by atoms with Gasteiger partial charge in [0.1, 0.15) is 17.1 Å². The molecule has 1 aromatic heterocycles. The Kier molecular flexibility index (Phi) is 4.07. The third-order valence-corrected chi connectivity index (χ3v) is 4.77. The number of nitrogens with zero attached hydrogens (tertiary/aromatic N) is 1. The Hall–Kier alpha value is -3.34. The fraction of sp³-hybridized carbons (Fsp3) is 0.136. The van der Waals surface area contributed by atoms with Crippen molar-refractivity contribution in [1.82, 2.24) is 4.57 Å². The average molecular weight is 363 g/mol. The predicted octanol–water partition coefficient (Wildman–Crippen LogP) is 5.02. The van der Waals surface area contributed by atoms with E-state index in [2.05, 4.69) is 0 Å². The van der Waals surface area contributed by atoms with Crippen LogP contribution in [0.5, 0.6) is 5.75 Å². The van der Waals surface area contributed by atoms with Crippen LogP contribution < -0.4 is 0 Å². The molecule has 4 nitrogen and oxygen atoms in total. The molecule has 3 aromatic carbocycles. The SMILES string of the molecule is CCOC(=O)c1cc(-c2cccc(F)c2)c2c(c1O)c1ccccc1n2C. The van der Waals surface area contributed by atoms with Crippen LogP contribution in [0.15, 0.2) is 54.6 Å². The van der Waals surface area contributed by atoms with Crippen LogP contribution in [0.25, 0.3) is 32.9 Å². The van der Waals surface area contributed by atoms with Crippen LogP contribution in [0.1, 0.15) is 17.3 Å². The minimum Gasteiger partial charge on any atom is -0.506 e. The van der Waals surface area contributed by atoms with Crippen LogP contribution in [-0.2, 0) is 11.8 Å². The highest BCUT2D eigenvalue weighted by Crippen LogP contribution is 2.42. The van der Waals surface area contributed by atoms with Gasteiger partial charge in [0.15, 0.2) is 0 Å². The second-order valence-corrected chi connectivity index (χ2v) is 6.35. The van der Waals surface area contributed by atoms with Gasteiger partial charge in [0.25, 0.3) is 0 Å². The number of para-hydroxylation sites is 1. The summed E-state index contributed by atoms with van der Waals surface area (Å²) in [6.45, 7) is 1.90. The summed E-state index contributed by atoms with van der Waals surface area (Å²) in [5, 5.41) is 12.3. The fourth-order valence-electron chi connectivity index (χ4n) is 3.60. The summed E-state index contributed by atoms with van der Waals surface area (Å²) >= 11 is 0. The summed E-state index contributed by atoms with van der Waals surface area (Å²) in [4.78, 5) is 12.4. The normalized spacial score (nSPS) is 11.2. The average Bonchev–Trinajstić information content (AvgIpc) is 2.96. The number of esters is 1. The second-order valence-electron chi connectivity index (χ2n) is 6.35. The molecule has 0 unspecified atom stereocenters. The van der Waals surface area contributed by atoms with Crippen molar-refractivity contribution >= 4 is 27.8 Å². The van der Waals surface area contributed by atoms with Crippen LogP contribution in [0.3, 0.4) is 0 Å². The minimum atomic E-state index is -0.609. The molecule has 0 bridgehead atoms. The van der Waals surface area contributed by atoms with Crippen molar-refractivity contribution in [1.29, 1.82) is 0 Å². The third kappa shape index (κ3) is 2.63. The van der Waals surface area contributed by atoms with Gasteiger partial charge in [-0.1, -0.05) is 30.3 Å². The van der Waals surface area contributed by atoms with E-state index in [0.717, 1.165) is 16.4 Å². The van der Waals surface area contributed by atoms with E-state index in [-0.39, 0.29) is 23.7 Å². The number of benzene rings is 3. The monoisotopic (exact) mass is 363 g/mol. The first-order chi connectivity index (χ1) is 13.0. The maximum Gasteiger partial charge on any atom is 0.341 e. The number of aromatic nitrogens is 1. The molecular weight excluding hydrogens is 345 g/mol. The summed E-state index contributed by atoms with van der Waals surface area (Å²) < 4.78 is 20.9. The van der Waals surface area contributed by atoms with E-state index in [1.54, 1.807) is 25.1 Å². The number of carbonyl (C=O) groups is 1. The van der Waals surface area contributed by atoms with Gasteiger partial charge in [0.05, 0.1) is 17.5 Å². The maximum absolute atomic E-state index is 13.9. The first-order valence-electron chi connectivity index (χ1n) is 8.69. The Morgan fingerprint density at radius 2 is 1.93 bits per heavy atom. The zero-order chi connectivity index (χ0) is 19.1. The van der Waals surface area contributed by atoms with Crippen molar-refractivity contribution in [2.45, 2.75) is 6.92 Å². The van der Waals surface area contributed by atoms with E-state index < -0.39 is 5.97 Å². The molecule has 1 N–H and O–H groups in total. The number of ether oxygens (including phenoxy) is 1. The number of phenolic OH excluding ortho intramolecular Hbond substituents is 1. The second kappa shape index (κ2) is 6.43. The molecule has 0 saturated heterocycles. The highest BCUT2D eigenvalue weighted by Gasteiger charge is 2.23. The van der Waals surface area contributed by atoms with E-state index >= 15 is 0 Å². The summed E-state index contributed by atoms with van der Waals surface area (Å²) in [5.74, 6) is -1.10. The minimum absolute atomic E-state index is 0.0694. The molecule has 0 aliphatic heterocycles. The predicted molar refractivity (Wildman–Crippen MR) is 103 cm³/mol. The molecule has 0 radical (unpaired) electrons. The van der Waals surface area contributed by atoms with Gasteiger partial charge in [0.2, 0.25) is 0 Å². The molecule has 0 atom stereocenters. The summed E-state index contributed by atoms with van der Waals surface area (Å²) in [7, 11) is 1.89. The molecule has 0 amide bonds. The molecular formula is C22H18FNO3. The number of fused-ring (bicyclic) bond motifs is 3. The van der Waals surface area contributed by atoms with E-state index in [9.17, 15) is 14.3 Å². The van der Waals surface area contributed by atoms with Crippen LogP contribution in [0.4, 0.5) is 4.39 Å². The molecule has 4 aromatic rings. The first-order valence-corrected chi connectivity index (χ1v) is 8.69. The Morgan fingerprint density at radius 3 is 2.67 bits per heavy atom. The van der Waals surface area contributed by atoms with Crippen molar-refractivity contribution < 1.29 is 19.0 Å². The van der Waals surface area contributed by atoms with Gasteiger partial charge in [-0.25, -0.2) is 9.18 Å². The number of aryl methyl sites for hydroxylation is 1. The highest BCUT2D eigenvalue weighted by atomic mass is 19.1. The summed E-state index contributed by atoms with van der Waals surface area (Å²) in [6, 6.07) is 15.4. The lowest BCUT2D eigenvalue weighted by molar-refractivity contribution is 0.0523. The lowest BCUT2D eigenvalue weighted by Crippen LogP contribution is -2.06. The van der Waals surface area contributed by atoms with Gasteiger partial charge < -0.3 is 14.4 Å².